The summed E-state index contributed by atoms with van der Waals surface area (Å²) in [7, 11) is 0. The van der Waals surface area contributed by atoms with E-state index in [-0.39, 0.29) is 17.5 Å². The van der Waals surface area contributed by atoms with Crippen molar-refractivity contribution in [1.29, 1.82) is 0 Å². The van der Waals surface area contributed by atoms with Gasteiger partial charge in [0.2, 0.25) is 0 Å². The van der Waals surface area contributed by atoms with Gasteiger partial charge in [0.1, 0.15) is 10.5 Å². The molecule has 0 aliphatic carbocycles. The van der Waals surface area contributed by atoms with Gasteiger partial charge in [-0.15, -0.1) is 0 Å². The molecule has 0 saturated heterocycles. The first kappa shape index (κ1) is 16.6. The van der Waals surface area contributed by atoms with Crippen LogP contribution in [-0.4, -0.2) is 38.5 Å². The summed E-state index contributed by atoms with van der Waals surface area (Å²) in [6, 6.07) is 0. The fourth-order valence-electron chi connectivity index (χ4n) is 1.60. The van der Waals surface area contributed by atoms with Crippen molar-refractivity contribution in [2.45, 2.75) is 38.2 Å². The molecule has 8 heteroatoms. The molecule has 0 spiro atoms. The fraction of sp³-hybridized carbons (Fsp3) is 0.889. The molecule has 0 aromatic carbocycles. The van der Waals surface area contributed by atoms with Crippen LogP contribution in [0.2, 0.25) is 0 Å². The Morgan fingerprint density at radius 2 is 1.29 bits per heavy atom. The molecule has 0 bridgehead atoms. The molecule has 0 aliphatic rings. The Hall–Kier alpha value is -0.400. The Kier molecular flexibility index (Phi) is 6.96. The molecule has 0 fully saturated rings. The van der Waals surface area contributed by atoms with Crippen molar-refractivity contribution in [3.05, 3.63) is 5.53 Å². The van der Waals surface area contributed by atoms with Crippen LogP contribution >= 0.6 is 0 Å². The smallest absolute Gasteiger partial charge is 0.297 e. The number of hydrogen-bond acceptors (Lipinski definition) is 4. The predicted octanol–water partition coefficient (Wildman–Crippen LogP) is 0.465. The minimum absolute atomic E-state index is 0.225. The SMILES string of the molecule is CC(C)C(C(=[N+]=[N-])C(C(C)C)S(=O)[O-])S(=O)[O-]. The summed E-state index contributed by atoms with van der Waals surface area (Å²) in [5, 5.41) is -2.21. The van der Waals surface area contributed by atoms with Crippen LogP contribution in [0, 0.1) is 11.8 Å². The van der Waals surface area contributed by atoms with Gasteiger partial charge in [0.05, 0.1) is 0 Å². The maximum Gasteiger partial charge on any atom is 0.297 e. The molecule has 0 N–H and O–H groups in total. The molecule has 6 nitrogen and oxygen atoms in total. The van der Waals surface area contributed by atoms with Crippen LogP contribution in [-0.2, 0) is 22.2 Å². The lowest BCUT2D eigenvalue weighted by atomic mass is 9.97. The van der Waals surface area contributed by atoms with Crippen LogP contribution in [0.25, 0.3) is 5.53 Å². The van der Waals surface area contributed by atoms with Crippen LogP contribution < -0.4 is 0 Å². The maximum atomic E-state index is 11.1. The third-order valence-electron chi connectivity index (χ3n) is 2.32. The molecule has 0 aromatic heterocycles. The van der Waals surface area contributed by atoms with Crippen LogP contribution in [0.5, 0.6) is 0 Å². The van der Waals surface area contributed by atoms with Gasteiger partial charge in [0, 0.05) is 0 Å². The highest BCUT2D eigenvalue weighted by atomic mass is 32.2. The summed E-state index contributed by atoms with van der Waals surface area (Å²) in [5.41, 5.74) is 8.68. The average Bonchev–Trinajstić information content (AvgIpc) is 2.13. The molecule has 0 rings (SSSR count). The van der Waals surface area contributed by atoms with E-state index in [2.05, 4.69) is 4.79 Å². The van der Waals surface area contributed by atoms with Gasteiger partial charge >= 0.3 is 0 Å². The molecule has 4 unspecified atom stereocenters. The van der Waals surface area contributed by atoms with E-state index in [4.69, 9.17) is 5.53 Å². The van der Waals surface area contributed by atoms with E-state index in [9.17, 15) is 17.5 Å². The lowest BCUT2D eigenvalue weighted by molar-refractivity contribution is -0.0126. The largest absolute Gasteiger partial charge is 0.772 e. The minimum Gasteiger partial charge on any atom is -0.772 e. The van der Waals surface area contributed by atoms with Crippen LogP contribution in [0.15, 0.2) is 0 Å². The lowest BCUT2D eigenvalue weighted by Crippen LogP contribution is -2.44. The van der Waals surface area contributed by atoms with Crippen LogP contribution in [0.4, 0.5) is 0 Å². The fourth-order valence-corrected chi connectivity index (χ4v) is 3.36. The third kappa shape index (κ3) is 4.40. The second-order valence-corrected chi connectivity index (χ2v) is 6.43. The third-order valence-corrected chi connectivity index (χ3v) is 4.73. The van der Waals surface area contributed by atoms with Crippen LogP contribution in [0.1, 0.15) is 27.7 Å². The van der Waals surface area contributed by atoms with Gasteiger partial charge in [-0.3, -0.25) is 8.42 Å². The summed E-state index contributed by atoms with van der Waals surface area (Å²) in [4.78, 5) is 2.90. The monoisotopic (exact) mass is 280 g/mol. The van der Waals surface area contributed by atoms with E-state index in [0.29, 0.717) is 0 Å². The topological polar surface area (TPSA) is 117 Å². The molecule has 100 valence electrons. The van der Waals surface area contributed by atoms with Gasteiger partial charge in [-0.2, -0.15) is 4.79 Å². The zero-order valence-electron chi connectivity index (χ0n) is 10.2. The Balaban J connectivity index is 5.52. The van der Waals surface area contributed by atoms with Gasteiger partial charge in [0.15, 0.2) is 0 Å². The van der Waals surface area contributed by atoms with Gasteiger partial charge in [-0.1, -0.05) is 27.7 Å². The Morgan fingerprint density at radius 3 is 1.41 bits per heavy atom. The normalized spacial score (nSPS) is 18.6. The van der Waals surface area contributed by atoms with Crippen molar-refractivity contribution in [3.63, 3.8) is 0 Å². The number of hydrogen-bond donors (Lipinski definition) is 0. The summed E-state index contributed by atoms with van der Waals surface area (Å²) in [6.07, 6.45) is 0. The molecule has 0 saturated carbocycles. The second kappa shape index (κ2) is 7.13. The first-order valence-electron chi connectivity index (χ1n) is 5.12. The minimum atomic E-state index is -2.53. The van der Waals surface area contributed by atoms with Crippen molar-refractivity contribution in [2.75, 3.05) is 0 Å². The summed E-state index contributed by atoms with van der Waals surface area (Å²) in [5.74, 6) is -0.743. The van der Waals surface area contributed by atoms with E-state index >= 15 is 0 Å². The van der Waals surface area contributed by atoms with Gasteiger partial charge < -0.3 is 14.6 Å². The quantitative estimate of drug-likeness (QED) is 0.304. The first-order valence-corrected chi connectivity index (χ1v) is 7.39. The Labute approximate surface area is 106 Å². The van der Waals surface area contributed by atoms with E-state index in [0.717, 1.165) is 0 Å². The highest BCUT2D eigenvalue weighted by Crippen LogP contribution is 2.18. The van der Waals surface area contributed by atoms with Crippen molar-refractivity contribution < 1.29 is 22.3 Å². The van der Waals surface area contributed by atoms with Gasteiger partial charge in [-0.25, -0.2) is 0 Å². The summed E-state index contributed by atoms with van der Waals surface area (Å²) >= 11 is -5.06. The molecule has 0 aliphatic heterocycles. The van der Waals surface area contributed by atoms with Crippen molar-refractivity contribution in [2.24, 2.45) is 11.8 Å². The first-order chi connectivity index (χ1) is 7.73. The molecule has 0 heterocycles. The highest BCUT2D eigenvalue weighted by Gasteiger charge is 2.37. The van der Waals surface area contributed by atoms with Crippen LogP contribution in [0.3, 0.4) is 0 Å². The average molecular weight is 280 g/mol. The molecule has 17 heavy (non-hydrogen) atoms. The lowest BCUT2D eigenvalue weighted by Gasteiger charge is -2.26. The zero-order valence-corrected chi connectivity index (χ0v) is 11.8. The standard InChI is InChI=1S/C9H18N2O4S2/c1-5(2)8(16(12)13)7(11-10)9(6(3)4)17(14)15/h5-6,8-9H,1-4H3,(H,12,13)(H,14,15)/p-2. The van der Waals surface area contributed by atoms with E-state index in [1.54, 1.807) is 27.7 Å². The predicted molar refractivity (Wildman–Crippen MR) is 63.7 cm³/mol. The van der Waals surface area contributed by atoms with Gasteiger partial charge in [-0.05, 0) is 34.0 Å². The number of rotatable bonds is 6. The molecular formula is C9H16N2O4S2-2. The van der Waals surface area contributed by atoms with E-state index in [1.807, 2.05) is 0 Å². The molecule has 0 amide bonds. The van der Waals surface area contributed by atoms with Crippen molar-refractivity contribution >= 4 is 27.9 Å². The zero-order chi connectivity index (χ0) is 13.7. The number of nitrogens with zero attached hydrogens (tertiary/aromatic N) is 2. The molecule has 4 atom stereocenters. The maximum absolute atomic E-state index is 11.1. The summed E-state index contributed by atoms with van der Waals surface area (Å²) < 4.78 is 44.4. The Bertz CT molecular complexity index is 336. The molecular weight excluding hydrogens is 264 g/mol. The van der Waals surface area contributed by atoms with Gasteiger partial charge in [0.25, 0.3) is 5.71 Å². The highest BCUT2D eigenvalue weighted by molar-refractivity contribution is 7.82. The van der Waals surface area contributed by atoms with E-state index < -0.39 is 32.7 Å². The molecule has 0 aromatic rings. The second-order valence-electron chi connectivity index (χ2n) is 4.38. The van der Waals surface area contributed by atoms with Crippen molar-refractivity contribution in [3.8, 4) is 0 Å². The molecule has 0 radical (unpaired) electrons. The van der Waals surface area contributed by atoms with E-state index in [1.165, 1.54) is 0 Å². The summed E-state index contributed by atoms with van der Waals surface area (Å²) in [6.45, 7) is 6.49. The Morgan fingerprint density at radius 1 is 1.00 bits per heavy atom. The van der Waals surface area contributed by atoms with Crippen molar-refractivity contribution in [1.82, 2.24) is 0 Å².